The van der Waals surface area contributed by atoms with Crippen molar-refractivity contribution in [2.24, 2.45) is 9.98 Å². The zero-order chi connectivity index (χ0) is 20.1. The van der Waals surface area contributed by atoms with Gasteiger partial charge in [-0.3, -0.25) is 0 Å². The van der Waals surface area contributed by atoms with Crippen molar-refractivity contribution in [2.45, 2.75) is 20.5 Å². The van der Waals surface area contributed by atoms with Crippen molar-refractivity contribution in [1.82, 2.24) is 0 Å². The highest BCUT2D eigenvalue weighted by Gasteiger charge is 2.25. The number of rotatable bonds is 3. The molecule has 0 radical (unpaired) electrons. The second-order valence-corrected chi connectivity index (χ2v) is 7.18. The number of nitrogens with zero attached hydrogens (tertiary/aromatic N) is 2. The van der Waals surface area contributed by atoms with E-state index in [9.17, 15) is 9.18 Å². The summed E-state index contributed by atoms with van der Waals surface area (Å²) in [6.45, 7) is 4.02. The molecule has 0 bridgehead atoms. The Bertz CT molecular complexity index is 1440. The second kappa shape index (κ2) is 6.48. The van der Waals surface area contributed by atoms with Crippen molar-refractivity contribution in [2.75, 3.05) is 0 Å². The van der Waals surface area contributed by atoms with Gasteiger partial charge in [0, 0.05) is 16.0 Å². The van der Waals surface area contributed by atoms with E-state index in [1.165, 1.54) is 6.07 Å². The SMILES string of the molecule is CC1=C(C(=O)OCc2ccccc2)N=c2cc3c(c(C)c21)=c1cccc(F)c1=N3. The lowest BCUT2D eigenvalue weighted by atomic mass is 9.98. The van der Waals surface area contributed by atoms with Gasteiger partial charge < -0.3 is 4.74 Å². The van der Waals surface area contributed by atoms with Gasteiger partial charge in [0.15, 0.2) is 5.70 Å². The highest BCUT2D eigenvalue weighted by molar-refractivity contribution is 5.98. The lowest BCUT2D eigenvalue weighted by Gasteiger charge is -2.07. The van der Waals surface area contributed by atoms with E-state index >= 15 is 0 Å². The average molecular weight is 384 g/mol. The van der Waals surface area contributed by atoms with Crippen LogP contribution in [0.2, 0.25) is 0 Å². The van der Waals surface area contributed by atoms with Crippen molar-refractivity contribution in [3.05, 3.63) is 104 Å². The molecule has 0 atom stereocenters. The number of carbonyl (C=O) groups is 1. The fourth-order valence-electron chi connectivity index (χ4n) is 4.04. The van der Waals surface area contributed by atoms with E-state index in [0.29, 0.717) is 22.1 Å². The topological polar surface area (TPSA) is 51.0 Å². The summed E-state index contributed by atoms with van der Waals surface area (Å²) >= 11 is 0. The molecule has 0 saturated heterocycles. The number of carbonyl (C=O) groups excluding carboxylic acids is 1. The fraction of sp³-hybridized carbons (Fsp3) is 0.125. The van der Waals surface area contributed by atoms with Crippen molar-refractivity contribution in [3.63, 3.8) is 0 Å². The molecule has 5 heteroatoms. The van der Waals surface area contributed by atoms with E-state index in [-0.39, 0.29) is 12.4 Å². The smallest absolute Gasteiger partial charge is 0.357 e. The molecule has 0 amide bonds. The molecule has 0 aliphatic carbocycles. The van der Waals surface area contributed by atoms with Gasteiger partial charge in [-0.25, -0.2) is 19.2 Å². The molecule has 142 valence electrons. The minimum absolute atomic E-state index is 0.194. The highest BCUT2D eigenvalue weighted by Crippen LogP contribution is 2.30. The molecule has 0 spiro atoms. The normalized spacial score (nSPS) is 13.3. The molecule has 29 heavy (non-hydrogen) atoms. The van der Waals surface area contributed by atoms with Crippen LogP contribution in [0.15, 0.2) is 70.3 Å². The van der Waals surface area contributed by atoms with Crippen molar-refractivity contribution < 1.29 is 13.9 Å². The maximum atomic E-state index is 14.2. The molecule has 0 N–H and O–H groups in total. The van der Waals surface area contributed by atoms with Crippen molar-refractivity contribution >= 4 is 17.2 Å². The third-order valence-electron chi connectivity index (χ3n) is 5.39. The number of hydrogen-bond donors (Lipinski definition) is 0. The molecular formula is C24H17FN2O2. The first-order valence-corrected chi connectivity index (χ1v) is 9.37. The zero-order valence-electron chi connectivity index (χ0n) is 16.0. The van der Waals surface area contributed by atoms with Gasteiger partial charge in [-0.15, -0.1) is 0 Å². The van der Waals surface area contributed by atoms with Gasteiger partial charge in [0.1, 0.15) is 17.8 Å². The van der Waals surface area contributed by atoms with Crippen LogP contribution in [-0.2, 0) is 16.1 Å². The van der Waals surface area contributed by atoms with Crippen LogP contribution < -0.4 is 10.7 Å². The molecule has 0 unspecified atom stereocenters. The van der Waals surface area contributed by atoms with Crippen LogP contribution in [-0.4, -0.2) is 5.97 Å². The number of esters is 1. The summed E-state index contributed by atoms with van der Waals surface area (Å²) in [4.78, 5) is 21.6. The molecule has 2 heterocycles. The lowest BCUT2D eigenvalue weighted by Crippen LogP contribution is -2.07. The Labute approximate surface area is 166 Å². The number of ether oxygens (including phenoxy) is 1. The van der Waals surface area contributed by atoms with Gasteiger partial charge in [-0.1, -0.05) is 42.5 Å². The third kappa shape index (κ3) is 2.70. The Morgan fingerprint density at radius 1 is 1.03 bits per heavy atom. The first-order valence-electron chi connectivity index (χ1n) is 9.37. The van der Waals surface area contributed by atoms with E-state index in [0.717, 1.165) is 32.7 Å². The molecule has 0 aromatic heterocycles. The van der Waals surface area contributed by atoms with Gasteiger partial charge in [-0.05, 0) is 42.7 Å². The minimum atomic E-state index is -0.453. The Morgan fingerprint density at radius 3 is 2.62 bits per heavy atom. The van der Waals surface area contributed by atoms with Gasteiger partial charge in [0.2, 0.25) is 0 Å². The molecule has 2 aliphatic rings. The number of para-hydroxylation sites is 1. The first-order chi connectivity index (χ1) is 14.0. The summed E-state index contributed by atoms with van der Waals surface area (Å²) in [5.41, 5.74) is 4.50. The summed E-state index contributed by atoms with van der Waals surface area (Å²) < 4.78 is 19.6. The third-order valence-corrected chi connectivity index (χ3v) is 5.39. The number of allylic oxidation sites excluding steroid dienone is 1. The first kappa shape index (κ1) is 17.5. The quantitative estimate of drug-likeness (QED) is 0.505. The predicted molar refractivity (Wildman–Crippen MR) is 106 cm³/mol. The molecule has 0 saturated carbocycles. The van der Waals surface area contributed by atoms with Gasteiger partial charge in [0.25, 0.3) is 0 Å². The second-order valence-electron chi connectivity index (χ2n) is 7.18. The van der Waals surface area contributed by atoms with Gasteiger partial charge >= 0.3 is 5.97 Å². The molecule has 2 aliphatic heterocycles. The molecule has 3 aromatic rings. The molecule has 0 fully saturated rings. The fourth-order valence-corrected chi connectivity index (χ4v) is 4.04. The summed E-state index contributed by atoms with van der Waals surface area (Å²) in [6, 6.07) is 16.3. The predicted octanol–water partition coefficient (Wildman–Crippen LogP) is 3.79. The summed E-state index contributed by atoms with van der Waals surface area (Å²) in [5.74, 6) is -0.793. The molecular weight excluding hydrogens is 367 g/mol. The Morgan fingerprint density at radius 2 is 1.83 bits per heavy atom. The van der Waals surface area contributed by atoms with E-state index in [1.54, 1.807) is 6.07 Å². The molecule has 5 rings (SSSR count). The number of fused-ring (bicyclic) bond motifs is 3. The van der Waals surface area contributed by atoms with Crippen LogP contribution in [0, 0.1) is 23.2 Å². The van der Waals surface area contributed by atoms with E-state index < -0.39 is 5.97 Å². The zero-order valence-corrected chi connectivity index (χ0v) is 16.0. The standard InChI is InChI=1S/C24H17FN2O2/c1-13-20-14(2)22(24(28)29-12-15-7-4-3-5-8-15)26-18(20)11-19-21(13)16-9-6-10-17(25)23(16)27-19/h3-11H,12H2,1-2H3. The largest absolute Gasteiger partial charge is 0.456 e. The minimum Gasteiger partial charge on any atom is -0.456 e. The van der Waals surface area contributed by atoms with E-state index in [2.05, 4.69) is 9.98 Å². The van der Waals surface area contributed by atoms with Crippen LogP contribution >= 0.6 is 0 Å². The molecule has 4 nitrogen and oxygen atoms in total. The summed E-state index contributed by atoms with van der Waals surface area (Å²) in [7, 11) is 0. The van der Waals surface area contributed by atoms with Crippen LogP contribution in [0.1, 0.15) is 23.6 Å². The average Bonchev–Trinajstić information content (AvgIpc) is 3.26. The maximum Gasteiger partial charge on any atom is 0.357 e. The monoisotopic (exact) mass is 384 g/mol. The number of halogens is 1. The highest BCUT2D eigenvalue weighted by atomic mass is 19.1. The van der Waals surface area contributed by atoms with Crippen molar-refractivity contribution in [1.29, 1.82) is 0 Å². The Kier molecular flexibility index (Phi) is 3.91. The molecule has 3 aromatic carbocycles. The van der Waals surface area contributed by atoms with Crippen LogP contribution in [0.3, 0.4) is 0 Å². The van der Waals surface area contributed by atoms with Gasteiger partial charge in [-0.2, -0.15) is 0 Å². The maximum absolute atomic E-state index is 14.2. The Hall–Kier alpha value is -3.60. The Balaban J connectivity index is 1.58. The van der Waals surface area contributed by atoms with Crippen LogP contribution in [0.25, 0.3) is 5.57 Å². The number of hydrogen-bond acceptors (Lipinski definition) is 4. The summed E-state index contributed by atoms with van der Waals surface area (Å²) in [6.07, 6.45) is 0. The number of benzene rings is 3. The van der Waals surface area contributed by atoms with E-state index in [4.69, 9.17) is 4.74 Å². The van der Waals surface area contributed by atoms with Crippen LogP contribution in [0.5, 0.6) is 0 Å². The van der Waals surface area contributed by atoms with Crippen molar-refractivity contribution in [3.8, 4) is 0 Å². The van der Waals surface area contributed by atoms with Crippen LogP contribution in [0.4, 0.5) is 10.1 Å². The van der Waals surface area contributed by atoms with Gasteiger partial charge in [0.05, 0.1) is 11.0 Å². The van der Waals surface area contributed by atoms with E-state index in [1.807, 2.05) is 56.3 Å². The lowest BCUT2D eigenvalue weighted by molar-refractivity contribution is -0.140. The summed E-state index contributed by atoms with van der Waals surface area (Å²) in [5, 5.41) is 2.70.